The largest absolute Gasteiger partial charge is 0.325 e. The van der Waals surface area contributed by atoms with E-state index < -0.39 is 0 Å². The van der Waals surface area contributed by atoms with Gasteiger partial charge in [-0.15, -0.1) is 11.8 Å². The van der Waals surface area contributed by atoms with E-state index in [1.54, 1.807) is 6.07 Å². The van der Waals surface area contributed by atoms with Crippen molar-refractivity contribution in [1.82, 2.24) is 0 Å². The van der Waals surface area contributed by atoms with E-state index in [0.29, 0.717) is 11.3 Å². The minimum Gasteiger partial charge on any atom is -0.325 e. The van der Waals surface area contributed by atoms with E-state index in [2.05, 4.69) is 10.6 Å². The molecule has 3 aromatic carbocycles. The lowest BCUT2D eigenvalue weighted by molar-refractivity contribution is -0.113. The Morgan fingerprint density at radius 3 is 2.28 bits per heavy atom. The number of thioether (sulfide) groups is 1. The van der Waals surface area contributed by atoms with Crippen molar-refractivity contribution >= 4 is 35.0 Å². The molecule has 0 saturated heterocycles. The number of carbonyl (C=O) groups excluding carboxylic acids is 2. The fraction of sp³-hybridized carbons (Fsp3) is 0.167. The lowest BCUT2D eigenvalue weighted by Crippen LogP contribution is -2.15. The Bertz CT molecular complexity index is 1030. The number of aryl methyl sites for hydroxylation is 3. The third-order valence-corrected chi connectivity index (χ3v) is 5.44. The fourth-order valence-electron chi connectivity index (χ4n) is 2.83. The van der Waals surface area contributed by atoms with E-state index in [-0.39, 0.29) is 11.8 Å². The molecule has 0 heterocycles. The molecule has 0 aliphatic rings. The normalized spacial score (nSPS) is 10.4. The first kappa shape index (κ1) is 20.7. The van der Waals surface area contributed by atoms with Crippen LogP contribution in [0.2, 0.25) is 0 Å². The van der Waals surface area contributed by atoms with Crippen molar-refractivity contribution in [3.05, 3.63) is 89.0 Å². The highest BCUT2D eigenvalue weighted by atomic mass is 32.2. The van der Waals surface area contributed by atoms with Crippen LogP contribution in [0.3, 0.4) is 0 Å². The van der Waals surface area contributed by atoms with Gasteiger partial charge in [-0.3, -0.25) is 9.59 Å². The van der Waals surface area contributed by atoms with Gasteiger partial charge in [-0.1, -0.05) is 29.8 Å². The van der Waals surface area contributed by atoms with Gasteiger partial charge >= 0.3 is 0 Å². The maximum Gasteiger partial charge on any atom is 0.255 e. The van der Waals surface area contributed by atoms with Crippen molar-refractivity contribution in [1.29, 1.82) is 0 Å². The standard InChI is InChI=1S/C24H24N2O2S/c1-16-5-4-6-19(13-16)24(28)25-20-9-11-21(12-10-20)29-15-23(27)26-22-14-17(2)7-8-18(22)3/h4-14H,15H2,1-3H3,(H,25,28)(H,26,27). The number of benzene rings is 3. The maximum absolute atomic E-state index is 12.3. The summed E-state index contributed by atoms with van der Waals surface area (Å²) >= 11 is 1.46. The molecule has 0 atom stereocenters. The van der Waals surface area contributed by atoms with Gasteiger partial charge in [0.05, 0.1) is 5.75 Å². The summed E-state index contributed by atoms with van der Waals surface area (Å²) in [6, 6.07) is 21.0. The Morgan fingerprint density at radius 2 is 1.55 bits per heavy atom. The topological polar surface area (TPSA) is 58.2 Å². The highest BCUT2D eigenvalue weighted by Crippen LogP contribution is 2.22. The lowest BCUT2D eigenvalue weighted by atomic mass is 10.1. The Hall–Kier alpha value is -3.05. The third-order valence-electron chi connectivity index (χ3n) is 4.43. The van der Waals surface area contributed by atoms with Gasteiger partial charge in [0, 0.05) is 21.8 Å². The fourth-order valence-corrected chi connectivity index (χ4v) is 3.53. The van der Waals surface area contributed by atoms with Crippen molar-refractivity contribution in [2.45, 2.75) is 25.7 Å². The van der Waals surface area contributed by atoms with Crippen molar-refractivity contribution in [2.75, 3.05) is 16.4 Å². The molecule has 0 aromatic heterocycles. The van der Waals surface area contributed by atoms with E-state index >= 15 is 0 Å². The molecule has 3 rings (SSSR count). The first-order chi connectivity index (χ1) is 13.9. The number of amides is 2. The summed E-state index contributed by atoms with van der Waals surface area (Å²) in [5, 5.41) is 5.86. The van der Waals surface area contributed by atoms with Crippen LogP contribution in [0.15, 0.2) is 71.6 Å². The number of nitrogens with one attached hydrogen (secondary N) is 2. The monoisotopic (exact) mass is 404 g/mol. The minimum atomic E-state index is -0.137. The first-order valence-electron chi connectivity index (χ1n) is 9.39. The van der Waals surface area contributed by atoms with Crippen LogP contribution in [0.25, 0.3) is 0 Å². The number of carbonyl (C=O) groups is 2. The molecule has 0 saturated carbocycles. The summed E-state index contributed by atoms with van der Waals surface area (Å²) in [6.45, 7) is 5.94. The van der Waals surface area contributed by atoms with Crippen LogP contribution in [-0.2, 0) is 4.79 Å². The van der Waals surface area contributed by atoms with Crippen molar-refractivity contribution in [3.63, 3.8) is 0 Å². The second kappa shape index (κ2) is 9.43. The van der Waals surface area contributed by atoms with Crippen LogP contribution in [0.4, 0.5) is 11.4 Å². The van der Waals surface area contributed by atoms with Crippen LogP contribution in [0, 0.1) is 20.8 Å². The lowest BCUT2D eigenvalue weighted by Gasteiger charge is -2.10. The summed E-state index contributed by atoms with van der Waals surface area (Å²) in [7, 11) is 0. The van der Waals surface area contributed by atoms with Gasteiger partial charge in [-0.2, -0.15) is 0 Å². The van der Waals surface area contributed by atoms with E-state index in [0.717, 1.165) is 33.0 Å². The highest BCUT2D eigenvalue weighted by molar-refractivity contribution is 8.00. The molecule has 0 aliphatic heterocycles. The van der Waals surface area contributed by atoms with Gasteiger partial charge in [-0.05, 0) is 74.4 Å². The van der Waals surface area contributed by atoms with Gasteiger partial charge in [0.2, 0.25) is 5.91 Å². The zero-order valence-corrected chi connectivity index (χ0v) is 17.6. The predicted molar refractivity (Wildman–Crippen MR) is 121 cm³/mol. The van der Waals surface area contributed by atoms with E-state index in [4.69, 9.17) is 0 Å². The molecule has 0 radical (unpaired) electrons. The zero-order chi connectivity index (χ0) is 20.8. The van der Waals surface area contributed by atoms with E-state index in [1.807, 2.05) is 81.4 Å². The van der Waals surface area contributed by atoms with Gasteiger partial charge in [0.15, 0.2) is 0 Å². The molecule has 0 spiro atoms. The SMILES string of the molecule is Cc1cccc(C(=O)Nc2ccc(SCC(=O)Nc3cc(C)ccc3C)cc2)c1. The minimum absolute atomic E-state index is 0.0412. The summed E-state index contributed by atoms with van der Waals surface area (Å²) in [6.07, 6.45) is 0. The van der Waals surface area contributed by atoms with Crippen LogP contribution >= 0.6 is 11.8 Å². The van der Waals surface area contributed by atoms with E-state index in [1.165, 1.54) is 11.8 Å². The third kappa shape index (κ3) is 5.96. The number of rotatable bonds is 6. The van der Waals surface area contributed by atoms with Gasteiger partial charge in [-0.25, -0.2) is 0 Å². The predicted octanol–water partition coefficient (Wildman–Crippen LogP) is 5.59. The molecule has 5 heteroatoms. The molecule has 0 fully saturated rings. The Balaban J connectivity index is 1.53. The average molecular weight is 405 g/mol. The zero-order valence-electron chi connectivity index (χ0n) is 16.8. The number of hydrogen-bond acceptors (Lipinski definition) is 3. The van der Waals surface area contributed by atoms with Crippen molar-refractivity contribution < 1.29 is 9.59 Å². The molecule has 29 heavy (non-hydrogen) atoms. The smallest absolute Gasteiger partial charge is 0.255 e. The molecule has 3 aromatic rings. The molecule has 2 amide bonds. The molecule has 0 bridgehead atoms. The summed E-state index contributed by atoms with van der Waals surface area (Å²) in [4.78, 5) is 25.5. The van der Waals surface area contributed by atoms with Crippen LogP contribution in [0.1, 0.15) is 27.0 Å². The maximum atomic E-state index is 12.3. The molecular formula is C24H24N2O2S. The van der Waals surface area contributed by atoms with Crippen molar-refractivity contribution in [2.24, 2.45) is 0 Å². The van der Waals surface area contributed by atoms with E-state index in [9.17, 15) is 9.59 Å². The first-order valence-corrected chi connectivity index (χ1v) is 10.4. The molecule has 0 unspecified atom stereocenters. The van der Waals surface area contributed by atoms with Crippen LogP contribution < -0.4 is 10.6 Å². The molecule has 0 aliphatic carbocycles. The van der Waals surface area contributed by atoms with Crippen LogP contribution in [0.5, 0.6) is 0 Å². The van der Waals surface area contributed by atoms with Crippen molar-refractivity contribution in [3.8, 4) is 0 Å². The summed E-state index contributed by atoms with van der Waals surface area (Å²) in [5.41, 5.74) is 5.41. The van der Waals surface area contributed by atoms with Gasteiger partial charge in [0.25, 0.3) is 5.91 Å². The Kier molecular flexibility index (Phi) is 6.73. The quantitative estimate of drug-likeness (QED) is 0.526. The van der Waals surface area contributed by atoms with Gasteiger partial charge in [0.1, 0.15) is 0 Å². The molecule has 2 N–H and O–H groups in total. The summed E-state index contributed by atoms with van der Waals surface area (Å²) in [5.74, 6) is 0.144. The Morgan fingerprint density at radius 1 is 0.828 bits per heavy atom. The number of anilines is 2. The highest BCUT2D eigenvalue weighted by Gasteiger charge is 2.08. The Labute approximate surface area is 175 Å². The molecule has 4 nitrogen and oxygen atoms in total. The van der Waals surface area contributed by atoms with Gasteiger partial charge < -0.3 is 10.6 Å². The second-order valence-electron chi connectivity index (χ2n) is 7.00. The number of hydrogen-bond donors (Lipinski definition) is 2. The van der Waals surface area contributed by atoms with Crippen LogP contribution in [-0.4, -0.2) is 17.6 Å². The molecular weight excluding hydrogens is 380 g/mol. The molecule has 148 valence electrons. The summed E-state index contributed by atoms with van der Waals surface area (Å²) < 4.78 is 0. The second-order valence-corrected chi connectivity index (χ2v) is 8.05. The average Bonchev–Trinajstić information content (AvgIpc) is 2.70.